The Labute approximate surface area is 158 Å². The Morgan fingerprint density at radius 2 is 1.75 bits per heavy atom. The van der Waals surface area contributed by atoms with E-state index in [0.717, 1.165) is 12.1 Å². The summed E-state index contributed by atoms with van der Waals surface area (Å²) in [6, 6.07) is 7.96. The number of likely N-dealkylation sites (N-methyl/N-ethyl adjacent to an activating group) is 1. The fraction of sp³-hybridized carbons (Fsp3) is 0.611. The number of hydrogen-bond donors (Lipinski definition) is 2. The van der Waals surface area contributed by atoms with E-state index in [0.29, 0.717) is 24.1 Å². The molecule has 1 saturated carbocycles. The topological polar surface area (TPSA) is 58.4 Å². The van der Waals surface area contributed by atoms with Crippen LogP contribution in [0, 0.1) is 5.92 Å². The van der Waals surface area contributed by atoms with Crippen molar-refractivity contribution in [3.05, 3.63) is 35.4 Å². The van der Waals surface area contributed by atoms with Gasteiger partial charge in [-0.05, 0) is 50.6 Å². The summed E-state index contributed by atoms with van der Waals surface area (Å²) in [4.78, 5) is 14.6. The van der Waals surface area contributed by atoms with Crippen molar-refractivity contribution < 1.29 is 4.79 Å². The molecule has 6 heteroatoms. The summed E-state index contributed by atoms with van der Waals surface area (Å²) >= 11 is 0. The molecular formula is C18H31Cl2N3O. The molecule has 0 spiro atoms. The summed E-state index contributed by atoms with van der Waals surface area (Å²) < 4.78 is 0. The first kappa shape index (κ1) is 23.2. The van der Waals surface area contributed by atoms with Gasteiger partial charge >= 0.3 is 0 Å². The molecule has 0 aliphatic heterocycles. The number of benzene rings is 1. The van der Waals surface area contributed by atoms with Crippen molar-refractivity contribution in [3.63, 3.8) is 0 Å². The lowest BCUT2D eigenvalue weighted by Gasteiger charge is -2.35. The molecule has 1 aromatic carbocycles. The third-order valence-electron chi connectivity index (χ3n) is 4.78. The van der Waals surface area contributed by atoms with Crippen molar-refractivity contribution in [2.45, 2.75) is 44.7 Å². The molecule has 3 N–H and O–H groups in total. The molecule has 0 saturated heterocycles. The number of rotatable bonds is 6. The lowest BCUT2D eigenvalue weighted by molar-refractivity contribution is 0.0922. The number of carbonyl (C=O) groups is 1. The fourth-order valence-corrected chi connectivity index (χ4v) is 3.38. The van der Waals surface area contributed by atoms with Crippen molar-refractivity contribution in [3.8, 4) is 0 Å². The van der Waals surface area contributed by atoms with Crippen molar-refractivity contribution in [1.82, 2.24) is 10.2 Å². The predicted molar refractivity (Wildman–Crippen MR) is 105 cm³/mol. The Bertz CT molecular complexity index is 474. The zero-order valence-electron chi connectivity index (χ0n) is 14.7. The van der Waals surface area contributed by atoms with Gasteiger partial charge in [0, 0.05) is 24.7 Å². The van der Waals surface area contributed by atoms with Gasteiger partial charge in [-0.3, -0.25) is 4.79 Å². The Morgan fingerprint density at radius 1 is 1.17 bits per heavy atom. The normalized spacial score (nSPS) is 16.0. The molecule has 138 valence electrons. The molecule has 1 fully saturated rings. The van der Waals surface area contributed by atoms with Crippen molar-refractivity contribution in [2.24, 2.45) is 11.7 Å². The first-order chi connectivity index (χ1) is 10.6. The maximum Gasteiger partial charge on any atom is 0.251 e. The van der Waals surface area contributed by atoms with Crippen LogP contribution in [0.15, 0.2) is 24.3 Å². The van der Waals surface area contributed by atoms with E-state index in [9.17, 15) is 4.79 Å². The summed E-state index contributed by atoms with van der Waals surface area (Å²) in [5, 5.41) is 3.10. The second-order valence-electron chi connectivity index (χ2n) is 6.54. The van der Waals surface area contributed by atoms with Gasteiger partial charge in [0.05, 0.1) is 0 Å². The van der Waals surface area contributed by atoms with E-state index in [1.165, 1.54) is 32.1 Å². The van der Waals surface area contributed by atoms with E-state index in [-0.39, 0.29) is 30.7 Å². The highest BCUT2D eigenvalue weighted by Gasteiger charge is 2.25. The maximum atomic E-state index is 12.3. The zero-order chi connectivity index (χ0) is 15.9. The van der Waals surface area contributed by atoms with Gasteiger partial charge < -0.3 is 16.0 Å². The Balaban J connectivity index is 0.00000264. The lowest BCUT2D eigenvalue weighted by atomic mass is 9.83. The van der Waals surface area contributed by atoms with E-state index >= 15 is 0 Å². The van der Waals surface area contributed by atoms with E-state index in [4.69, 9.17) is 5.73 Å². The van der Waals surface area contributed by atoms with Crippen LogP contribution in [0.4, 0.5) is 0 Å². The highest BCUT2D eigenvalue weighted by molar-refractivity contribution is 5.94. The second-order valence-corrected chi connectivity index (χ2v) is 6.54. The smallest absolute Gasteiger partial charge is 0.251 e. The SMILES string of the molecule is CN(C)C(CNC(=O)c1ccc(CN)cc1)C1CCCCC1.Cl.Cl. The molecule has 1 unspecified atom stereocenters. The van der Waals surface area contributed by atoms with Crippen LogP contribution >= 0.6 is 24.8 Å². The van der Waals surface area contributed by atoms with Crippen molar-refractivity contribution >= 4 is 30.7 Å². The monoisotopic (exact) mass is 375 g/mol. The number of nitrogens with zero attached hydrogens (tertiary/aromatic N) is 1. The lowest BCUT2D eigenvalue weighted by Crippen LogP contribution is -2.45. The molecule has 1 aliphatic carbocycles. The van der Waals surface area contributed by atoms with Gasteiger partial charge in [-0.1, -0.05) is 31.4 Å². The van der Waals surface area contributed by atoms with Crippen LogP contribution in [0.5, 0.6) is 0 Å². The van der Waals surface area contributed by atoms with E-state index < -0.39 is 0 Å². The van der Waals surface area contributed by atoms with Gasteiger partial charge in [0.2, 0.25) is 0 Å². The van der Waals surface area contributed by atoms with Crippen molar-refractivity contribution in [1.29, 1.82) is 0 Å². The minimum atomic E-state index is 0. The van der Waals surface area contributed by atoms with Crippen LogP contribution < -0.4 is 11.1 Å². The third-order valence-corrected chi connectivity index (χ3v) is 4.78. The molecule has 0 radical (unpaired) electrons. The number of hydrogen-bond acceptors (Lipinski definition) is 3. The zero-order valence-corrected chi connectivity index (χ0v) is 16.3. The van der Waals surface area contributed by atoms with Gasteiger partial charge in [0.1, 0.15) is 0 Å². The molecule has 1 aliphatic rings. The minimum Gasteiger partial charge on any atom is -0.350 e. The molecule has 0 heterocycles. The quantitative estimate of drug-likeness (QED) is 0.802. The molecule has 1 atom stereocenters. The van der Waals surface area contributed by atoms with Crippen LogP contribution in [-0.4, -0.2) is 37.5 Å². The molecule has 0 aromatic heterocycles. The predicted octanol–water partition coefficient (Wildman–Crippen LogP) is 3.23. The molecule has 24 heavy (non-hydrogen) atoms. The van der Waals surface area contributed by atoms with Crippen LogP contribution in [0.1, 0.15) is 48.0 Å². The highest BCUT2D eigenvalue weighted by atomic mass is 35.5. The second kappa shape index (κ2) is 11.7. The molecular weight excluding hydrogens is 345 g/mol. The molecule has 1 aromatic rings. The minimum absolute atomic E-state index is 0. The fourth-order valence-electron chi connectivity index (χ4n) is 3.38. The van der Waals surface area contributed by atoms with Gasteiger partial charge in [0.15, 0.2) is 0 Å². The van der Waals surface area contributed by atoms with Crippen LogP contribution in [-0.2, 0) is 6.54 Å². The van der Waals surface area contributed by atoms with E-state index in [2.05, 4.69) is 24.3 Å². The largest absolute Gasteiger partial charge is 0.350 e. The first-order valence-electron chi connectivity index (χ1n) is 8.35. The molecule has 2 rings (SSSR count). The third kappa shape index (κ3) is 6.60. The van der Waals surface area contributed by atoms with E-state index in [1.54, 1.807) is 0 Å². The number of nitrogens with two attached hydrogens (primary N) is 1. The maximum absolute atomic E-state index is 12.3. The summed E-state index contributed by atoms with van der Waals surface area (Å²) in [7, 11) is 4.23. The van der Waals surface area contributed by atoms with E-state index in [1.807, 2.05) is 24.3 Å². The summed E-state index contributed by atoms with van der Waals surface area (Å²) in [6.45, 7) is 1.22. The Hall–Kier alpha value is -0.810. The molecule has 1 amide bonds. The average molecular weight is 376 g/mol. The summed E-state index contributed by atoms with van der Waals surface area (Å²) in [5.41, 5.74) is 7.34. The number of carbonyl (C=O) groups excluding carboxylic acids is 1. The number of nitrogens with one attached hydrogen (secondary N) is 1. The number of amides is 1. The standard InChI is InChI=1S/C18H29N3O.2ClH/c1-21(2)17(15-6-4-3-5-7-15)13-20-18(22)16-10-8-14(12-19)9-11-16;;/h8-11,15,17H,3-7,12-13,19H2,1-2H3,(H,20,22);2*1H. The summed E-state index contributed by atoms with van der Waals surface area (Å²) in [6.07, 6.45) is 6.57. The van der Waals surface area contributed by atoms with Crippen LogP contribution in [0.3, 0.4) is 0 Å². The van der Waals surface area contributed by atoms with Gasteiger partial charge in [-0.25, -0.2) is 0 Å². The summed E-state index contributed by atoms with van der Waals surface area (Å²) in [5.74, 6) is 0.704. The Morgan fingerprint density at radius 3 is 2.25 bits per heavy atom. The highest BCUT2D eigenvalue weighted by Crippen LogP contribution is 2.28. The molecule has 0 bridgehead atoms. The Kier molecular flexibility index (Phi) is 11.3. The van der Waals surface area contributed by atoms with Gasteiger partial charge in [-0.2, -0.15) is 0 Å². The first-order valence-corrected chi connectivity index (χ1v) is 8.35. The van der Waals surface area contributed by atoms with Crippen molar-refractivity contribution in [2.75, 3.05) is 20.6 Å². The molecule has 4 nitrogen and oxygen atoms in total. The van der Waals surface area contributed by atoms with Crippen LogP contribution in [0.25, 0.3) is 0 Å². The number of halogens is 2. The van der Waals surface area contributed by atoms with Crippen LogP contribution in [0.2, 0.25) is 0 Å². The van der Waals surface area contributed by atoms with Gasteiger partial charge in [-0.15, -0.1) is 24.8 Å². The van der Waals surface area contributed by atoms with Gasteiger partial charge in [0.25, 0.3) is 5.91 Å². The average Bonchev–Trinajstić information content (AvgIpc) is 2.55.